The van der Waals surface area contributed by atoms with Gasteiger partial charge in [0.2, 0.25) is 5.91 Å². The highest BCUT2D eigenvalue weighted by atomic mass is 16.5. The molecule has 27 heavy (non-hydrogen) atoms. The number of para-hydroxylation sites is 1. The lowest BCUT2D eigenvalue weighted by Gasteiger charge is -2.32. The summed E-state index contributed by atoms with van der Waals surface area (Å²) < 4.78 is 11.3. The van der Waals surface area contributed by atoms with Gasteiger partial charge >= 0.3 is 0 Å². The number of aryl methyl sites for hydroxylation is 2. The monoisotopic (exact) mass is 373 g/mol. The van der Waals surface area contributed by atoms with E-state index >= 15 is 0 Å². The van der Waals surface area contributed by atoms with Crippen LogP contribution >= 0.6 is 0 Å². The fourth-order valence-corrected chi connectivity index (χ4v) is 3.28. The van der Waals surface area contributed by atoms with E-state index in [4.69, 9.17) is 9.47 Å². The van der Waals surface area contributed by atoms with Crippen LogP contribution in [0.25, 0.3) is 10.9 Å². The van der Waals surface area contributed by atoms with Crippen molar-refractivity contribution < 1.29 is 19.1 Å². The smallest absolute Gasteiger partial charge is 0.253 e. The summed E-state index contributed by atoms with van der Waals surface area (Å²) in [6.45, 7) is 4.95. The molecule has 1 aliphatic heterocycles. The molecule has 0 radical (unpaired) electrons. The van der Waals surface area contributed by atoms with E-state index in [2.05, 4.69) is 10.3 Å². The van der Waals surface area contributed by atoms with Crippen LogP contribution in [0.1, 0.15) is 28.0 Å². The predicted octanol–water partition coefficient (Wildman–Crippen LogP) is 1.78. The van der Waals surface area contributed by atoms with Crippen LogP contribution in [0.15, 0.2) is 18.2 Å². The summed E-state index contributed by atoms with van der Waals surface area (Å²) in [5, 5.41) is 4.07. The first-order chi connectivity index (χ1) is 12.9. The Kier molecular flexibility index (Phi) is 5.82. The molecule has 1 saturated heterocycles. The molecular weight excluding hydrogens is 346 g/mol. The number of amides is 2. The Hall–Kier alpha value is -2.38. The Morgan fingerprint density at radius 1 is 1.33 bits per heavy atom. The molecule has 0 bridgehead atoms. The van der Waals surface area contributed by atoms with E-state index in [0.717, 1.165) is 22.2 Å². The van der Waals surface area contributed by atoms with E-state index in [0.29, 0.717) is 25.2 Å². The Morgan fingerprint density at radius 3 is 2.85 bits per heavy atom. The Balaban J connectivity index is 1.74. The van der Waals surface area contributed by atoms with Gasteiger partial charge in [-0.25, -0.2) is 0 Å². The Labute approximate surface area is 159 Å². The number of aromatic amines is 1. The molecule has 2 aromatic rings. The van der Waals surface area contributed by atoms with Gasteiger partial charge < -0.3 is 24.7 Å². The molecule has 2 atom stereocenters. The zero-order valence-corrected chi connectivity index (χ0v) is 16.3. The summed E-state index contributed by atoms with van der Waals surface area (Å²) in [5.41, 5.74) is 3.62. The normalized spacial score (nSPS) is 19.9. The fraction of sp³-hybridized carbons (Fsp3) is 0.500. The van der Waals surface area contributed by atoms with E-state index < -0.39 is 0 Å². The van der Waals surface area contributed by atoms with Crippen LogP contribution < -0.4 is 5.32 Å². The fourth-order valence-electron chi connectivity index (χ4n) is 3.28. The second-order valence-electron chi connectivity index (χ2n) is 7.18. The number of rotatable bonds is 5. The van der Waals surface area contributed by atoms with Crippen LogP contribution in [0, 0.1) is 13.8 Å². The van der Waals surface area contributed by atoms with Gasteiger partial charge in [-0.15, -0.1) is 0 Å². The number of benzene rings is 1. The van der Waals surface area contributed by atoms with Crippen molar-refractivity contribution in [2.24, 2.45) is 0 Å². The molecule has 0 spiro atoms. The molecule has 0 unspecified atom stereocenters. The van der Waals surface area contributed by atoms with Crippen LogP contribution in [0.3, 0.4) is 0 Å². The standard InChI is InChI=1S/C20H27N3O4/c1-12-13(2)21-19-14(12)6-5-7-15(19)20(25)22-16-10-26-9-8-17(16)27-11-18(24)23(3)4/h5-7,16-17,21H,8-11H2,1-4H3,(H,22,25)/t16-,17+/m1/s1. The highest BCUT2D eigenvalue weighted by Gasteiger charge is 2.29. The van der Waals surface area contributed by atoms with Gasteiger partial charge in [-0.05, 0) is 31.9 Å². The van der Waals surface area contributed by atoms with Crippen molar-refractivity contribution in [3.8, 4) is 0 Å². The van der Waals surface area contributed by atoms with Gasteiger partial charge in [0.15, 0.2) is 0 Å². The minimum absolute atomic E-state index is 0.00532. The van der Waals surface area contributed by atoms with Crippen molar-refractivity contribution in [3.63, 3.8) is 0 Å². The van der Waals surface area contributed by atoms with Gasteiger partial charge in [0, 0.05) is 31.8 Å². The third-order valence-corrected chi connectivity index (χ3v) is 5.12. The van der Waals surface area contributed by atoms with Crippen molar-refractivity contribution in [2.45, 2.75) is 32.4 Å². The lowest BCUT2D eigenvalue weighted by Crippen LogP contribution is -2.51. The molecule has 2 amide bonds. The maximum Gasteiger partial charge on any atom is 0.253 e. The van der Waals surface area contributed by atoms with E-state index in [9.17, 15) is 9.59 Å². The second kappa shape index (κ2) is 8.10. The molecule has 146 valence electrons. The van der Waals surface area contributed by atoms with Crippen LogP contribution in [0.2, 0.25) is 0 Å². The molecule has 7 nitrogen and oxygen atoms in total. The third kappa shape index (κ3) is 4.14. The zero-order chi connectivity index (χ0) is 19.6. The summed E-state index contributed by atoms with van der Waals surface area (Å²) in [7, 11) is 3.38. The first-order valence-corrected chi connectivity index (χ1v) is 9.16. The molecule has 2 N–H and O–H groups in total. The van der Waals surface area contributed by atoms with Crippen molar-refractivity contribution in [2.75, 3.05) is 33.9 Å². The zero-order valence-electron chi connectivity index (χ0n) is 16.3. The number of nitrogens with zero attached hydrogens (tertiary/aromatic N) is 1. The first-order valence-electron chi connectivity index (χ1n) is 9.16. The number of aromatic nitrogens is 1. The number of carbonyl (C=O) groups excluding carboxylic acids is 2. The van der Waals surface area contributed by atoms with Crippen LogP contribution in [0.4, 0.5) is 0 Å². The van der Waals surface area contributed by atoms with Gasteiger partial charge in [-0.2, -0.15) is 0 Å². The topological polar surface area (TPSA) is 83.7 Å². The van der Waals surface area contributed by atoms with Gasteiger partial charge in [0.25, 0.3) is 5.91 Å². The molecule has 1 fully saturated rings. The molecule has 1 aromatic heterocycles. The molecule has 3 rings (SSSR count). The van der Waals surface area contributed by atoms with Crippen molar-refractivity contribution in [3.05, 3.63) is 35.0 Å². The number of ether oxygens (including phenoxy) is 2. The number of hydrogen-bond donors (Lipinski definition) is 2. The van der Waals surface area contributed by atoms with Crippen molar-refractivity contribution in [1.29, 1.82) is 0 Å². The highest BCUT2D eigenvalue weighted by Crippen LogP contribution is 2.24. The number of nitrogens with one attached hydrogen (secondary N) is 2. The van der Waals surface area contributed by atoms with Crippen LogP contribution in [0.5, 0.6) is 0 Å². The predicted molar refractivity (Wildman–Crippen MR) is 103 cm³/mol. The second-order valence-corrected chi connectivity index (χ2v) is 7.18. The average Bonchev–Trinajstić information content (AvgIpc) is 2.94. The average molecular weight is 373 g/mol. The molecule has 1 aliphatic rings. The van der Waals surface area contributed by atoms with Gasteiger partial charge in [-0.3, -0.25) is 9.59 Å². The molecule has 0 aliphatic carbocycles. The number of carbonyl (C=O) groups is 2. The number of likely N-dealkylation sites (N-methyl/N-ethyl adjacent to an activating group) is 1. The number of H-pyrrole nitrogens is 1. The van der Waals surface area contributed by atoms with Gasteiger partial charge in [0.05, 0.1) is 29.8 Å². The Bertz CT molecular complexity index is 843. The van der Waals surface area contributed by atoms with E-state index in [-0.39, 0.29) is 30.6 Å². The summed E-state index contributed by atoms with van der Waals surface area (Å²) >= 11 is 0. The summed E-state index contributed by atoms with van der Waals surface area (Å²) in [6.07, 6.45) is 0.384. The maximum atomic E-state index is 12.9. The molecule has 0 saturated carbocycles. The molecule has 2 heterocycles. The van der Waals surface area contributed by atoms with Gasteiger partial charge in [-0.1, -0.05) is 12.1 Å². The first kappa shape index (κ1) is 19.4. The molecule has 7 heteroatoms. The largest absolute Gasteiger partial charge is 0.379 e. The summed E-state index contributed by atoms with van der Waals surface area (Å²) in [5.74, 6) is -0.279. The van der Waals surface area contributed by atoms with E-state index in [1.165, 1.54) is 4.90 Å². The molecular formula is C20H27N3O4. The lowest BCUT2D eigenvalue weighted by molar-refractivity contribution is -0.138. The number of fused-ring (bicyclic) bond motifs is 1. The summed E-state index contributed by atoms with van der Waals surface area (Å²) in [4.78, 5) is 29.5. The molecule has 1 aromatic carbocycles. The Morgan fingerprint density at radius 2 is 2.11 bits per heavy atom. The van der Waals surface area contributed by atoms with Crippen molar-refractivity contribution >= 4 is 22.7 Å². The van der Waals surface area contributed by atoms with Crippen LogP contribution in [-0.2, 0) is 14.3 Å². The van der Waals surface area contributed by atoms with Crippen molar-refractivity contribution in [1.82, 2.24) is 15.2 Å². The lowest BCUT2D eigenvalue weighted by atomic mass is 10.0. The quantitative estimate of drug-likeness (QED) is 0.837. The summed E-state index contributed by atoms with van der Waals surface area (Å²) in [6, 6.07) is 5.41. The SMILES string of the molecule is Cc1[nH]c2c(C(=O)N[C@@H]3COCC[C@@H]3OCC(=O)N(C)C)cccc2c1C. The van der Waals surface area contributed by atoms with Gasteiger partial charge in [0.1, 0.15) is 6.61 Å². The number of hydrogen-bond acceptors (Lipinski definition) is 4. The van der Waals surface area contributed by atoms with E-state index in [1.54, 1.807) is 14.1 Å². The minimum atomic E-state index is -0.298. The highest BCUT2D eigenvalue weighted by molar-refractivity contribution is 6.06. The maximum absolute atomic E-state index is 12.9. The third-order valence-electron chi connectivity index (χ3n) is 5.12. The minimum Gasteiger partial charge on any atom is -0.379 e. The van der Waals surface area contributed by atoms with E-state index in [1.807, 2.05) is 32.0 Å². The van der Waals surface area contributed by atoms with Crippen LogP contribution in [-0.4, -0.2) is 67.8 Å².